The average molecular weight is 387 g/mol. The number of carbonyl (C=O) groups is 2. The van der Waals surface area contributed by atoms with Crippen LogP contribution in [0.2, 0.25) is 0 Å². The maximum atomic E-state index is 13.2. The molecule has 0 amide bonds. The highest BCUT2D eigenvalue weighted by molar-refractivity contribution is 5.97. The van der Waals surface area contributed by atoms with Crippen molar-refractivity contribution in [2.75, 3.05) is 6.61 Å². The minimum Gasteiger partial charge on any atom is -0.457 e. The molecule has 0 saturated carbocycles. The Bertz CT molecular complexity index is 1080. The summed E-state index contributed by atoms with van der Waals surface area (Å²) in [6, 6.07) is 4.66. The number of esters is 1. The van der Waals surface area contributed by atoms with Gasteiger partial charge in [-0.3, -0.25) is 9.59 Å². The number of carbonyl (C=O) groups excluding carboxylic acids is 2. The van der Waals surface area contributed by atoms with E-state index >= 15 is 0 Å². The molecule has 0 unspecified atom stereocenters. The van der Waals surface area contributed by atoms with Crippen molar-refractivity contribution in [2.24, 2.45) is 0 Å². The number of hydrogen-bond donors (Lipinski definition) is 0. The van der Waals surface area contributed by atoms with E-state index in [-0.39, 0.29) is 12.0 Å². The molecule has 146 valence electrons. The lowest BCUT2D eigenvalue weighted by Crippen LogP contribution is -2.15. The molecule has 3 aromatic rings. The number of ketones is 1. The van der Waals surface area contributed by atoms with Gasteiger partial charge < -0.3 is 4.74 Å². The van der Waals surface area contributed by atoms with Gasteiger partial charge in [-0.15, -0.1) is 0 Å². The molecule has 0 atom stereocenters. The SMILES string of the molecule is Cc1cc2nc(C)c(CCC(=O)OCC(=O)c3ccc(F)c(F)c3)c(C)n2n1. The molecule has 8 heteroatoms. The highest BCUT2D eigenvalue weighted by Gasteiger charge is 2.15. The van der Waals surface area contributed by atoms with Crippen LogP contribution in [0.1, 0.15) is 39.4 Å². The maximum absolute atomic E-state index is 13.2. The number of fused-ring (bicyclic) bond motifs is 1. The molecule has 2 heterocycles. The smallest absolute Gasteiger partial charge is 0.306 e. The van der Waals surface area contributed by atoms with Crippen LogP contribution >= 0.6 is 0 Å². The molecule has 0 N–H and O–H groups in total. The fraction of sp³-hybridized carbons (Fsp3) is 0.300. The van der Waals surface area contributed by atoms with Crippen molar-refractivity contribution in [3.63, 3.8) is 0 Å². The van der Waals surface area contributed by atoms with Crippen LogP contribution in [0.5, 0.6) is 0 Å². The highest BCUT2D eigenvalue weighted by Crippen LogP contribution is 2.17. The third-order valence-corrected chi connectivity index (χ3v) is 4.47. The number of hydrogen-bond acceptors (Lipinski definition) is 5. The quantitative estimate of drug-likeness (QED) is 0.479. The normalized spacial score (nSPS) is 11.0. The summed E-state index contributed by atoms with van der Waals surface area (Å²) >= 11 is 0. The van der Waals surface area contributed by atoms with Crippen LogP contribution in [0.3, 0.4) is 0 Å². The molecule has 0 radical (unpaired) electrons. The molecule has 0 saturated heterocycles. The second-order valence-corrected chi connectivity index (χ2v) is 6.53. The second-order valence-electron chi connectivity index (χ2n) is 6.53. The molecule has 28 heavy (non-hydrogen) atoms. The van der Waals surface area contributed by atoms with Crippen molar-refractivity contribution in [3.8, 4) is 0 Å². The molecule has 2 aromatic heterocycles. The van der Waals surface area contributed by atoms with Crippen LogP contribution in [0, 0.1) is 32.4 Å². The number of aryl methyl sites for hydroxylation is 3. The number of Topliss-reactive ketones (excluding diaryl/α,β-unsaturated/α-hetero) is 1. The molecule has 0 fully saturated rings. The minimum absolute atomic E-state index is 0.0536. The van der Waals surface area contributed by atoms with Crippen LogP contribution in [0.4, 0.5) is 8.78 Å². The topological polar surface area (TPSA) is 73.6 Å². The summed E-state index contributed by atoms with van der Waals surface area (Å²) in [6.07, 6.45) is 0.442. The number of ether oxygens (including phenoxy) is 1. The van der Waals surface area contributed by atoms with Crippen LogP contribution in [0.15, 0.2) is 24.3 Å². The van der Waals surface area contributed by atoms with Crippen molar-refractivity contribution < 1.29 is 23.1 Å². The average Bonchev–Trinajstić information content (AvgIpc) is 3.02. The van der Waals surface area contributed by atoms with Crippen LogP contribution < -0.4 is 0 Å². The zero-order chi connectivity index (χ0) is 20.4. The number of aromatic nitrogens is 3. The fourth-order valence-corrected chi connectivity index (χ4v) is 3.00. The summed E-state index contributed by atoms with van der Waals surface area (Å²) < 4.78 is 32.8. The summed E-state index contributed by atoms with van der Waals surface area (Å²) in [5, 5.41) is 4.38. The highest BCUT2D eigenvalue weighted by atomic mass is 19.2. The first-order chi connectivity index (χ1) is 13.3. The lowest BCUT2D eigenvalue weighted by Gasteiger charge is -2.11. The molecule has 3 rings (SSSR count). The van der Waals surface area contributed by atoms with Gasteiger partial charge in [0, 0.05) is 29.4 Å². The maximum Gasteiger partial charge on any atom is 0.306 e. The molecule has 1 aromatic carbocycles. The molecular formula is C20H19F2N3O3. The van der Waals surface area contributed by atoms with E-state index in [0.717, 1.165) is 46.5 Å². The van der Waals surface area contributed by atoms with E-state index < -0.39 is 30.0 Å². The van der Waals surface area contributed by atoms with E-state index in [1.165, 1.54) is 0 Å². The van der Waals surface area contributed by atoms with Gasteiger partial charge in [0.2, 0.25) is 0 Å². The molecule has 0 aliphatic carbocycles. The third-order valence-electron chi connectivity index (χ3n) is 4.47. The van der Waals surface area contributed by atoms with Gasteiger partial charge >= 0.3 is 5.97 Å². The monoisotopic (exact) mass is 387 g/mol. The van der Waals surface area contributed by atoms with Crippen molar-refractivity contribution in [2.45, 2.75) is 33.6 Å². The number of benzene rings is 1. The first-order valence-electron chi connectivity index (χ1n) is 8.72. The summed E-state index contributed by atoms with van der Waals surface area (Å²) in [7, 11) is 0. The van der Waals surface area contributed by atoms with Gasteiger partial charge in [-0.25, -0.2) is 18.3 Å². The first-order valence-corrected chi connectivity index (χ1v) is 8.72. The zero-order valence-electron chi connectivity index (χ0n) is 15.8. The summed E-state index contributed by atoms with van der Waals surface area (Å²) in [6.45, 7) is 5.12. The molecule has 0 aliphatic rings. The first kappa shape index (κ1) is 19.6. The van der Waals surface area contributed by atoms with E-state index in [9.17, 15) is 18.4 Å². The van der Waals surface area contributed by atoms with Crippen LogP contribution in [-0.2, 0) is 16.0 Å². The molecule has 0 aliphatic heterocycles. The Morgan fingerprint density at radius 2 is 1.86 bits per heavy atom. The van der Waals surface area contributed by atoms with Gasteiger partial charge in [0.25, 0.3) is 0 Å². The number of nitrogens with zero attached hydrogens (tertiary/aromatic N) is 3. The fourth-order valence-electron chi connectivity index (χ4n) is 3.00. The summed E-state index contributed by atoms with van der Waals surface area (Å²) in [5.74, 6) is -3.33. The molecule has 0 bridgehead atoms. The van der Waals surface area contributed by atoms with Crippen molar-refractivity contribution in [1.82, 2.24) is 14.6 Å². The van der Waals surface area contributed by atoms with Crippen molar-refractivity contribution in [3.05, 3.63) is 64.1 Å². The van der Waals surface area contributed by atoms with Gasteiger partial charge in [0.1, 0.15) is 0 Å². The lowest BCUT2D eigenvalue weighted by atomic mass is 10.1. The van der Waals surface area contributed by atoms with Crippen LogP contribution in [-0.4, -0.2) is 33.0 Å². The second kappa shape index (κ2) is 7.84. The Morgan fingerprint density at radius 1 is 1.11 bits per heavy atom. The summed E-state index contributed by atoms with van der Waals surface area (Å²) in [5.41, 5.74) is 4.12. The predicted molar refractivity (Wildman–Crippen MR) is 97.2 cm³/mol. The van der Waals surface area contributed by atoms with Gasteiger partial charge in [0.15, 0.2) is 29.7 Å². The van der Waals surface area contributed by atoms with Gasteiger partial charge in [-0.05, 0) is 51.0 Å². The third kappa shape index (κ3) is 4.05. The van der Waals surface area contributed by atoms with Gasteiger partial charge in [-0.1, -0.05) is 0 Å². The Labute approximate surface area is 160 Å². The largest absolute Gasteiger partial charge is 0.457 e. The minimum atomic E-state index is -1.13. The van der Waals surface area contributed by atoms with Crippen molar-refractivity contribution >= 4 is 17.4 Å². The molecule has 0 spiro atoms. The Morgan fingerprint density at radius 3 is 2.57 bits per heavy atom. The van der Waals surface area contributed by atoms with E-state index in [0.29, 0.717) is 6.42 Å². The molecule has 6 nitrogen and oxygen atoms in total. The van der Waals surface area contributed by atoms with Gasteiger partial charge in [-0.2, -0.15) is 5.10 Å². The summed E-state index contributed by atoms with van der Waals surface area (Å²) in [4.78, 5) is 28.5. The van der Waals surface area contributed by atoms with E-state index in [1.54, 1.807) is 4.52 Å². The van der Waals surface area contributed by atoms with E-state index in [1.807, 2.05) is 26.8 Å². The lowest BCUT2D eigenvalue weighted by molar-refractivity contribution is -0.142. The van der Waals surface area contributed by atoms with E-state index in [2.05, 4.69) is 10.1 Å². The Balaban J connectivity index is 1.60. The Kier molecular flexibility index (Phi) is 5.48. The Hall–Kier alpha value is -3.16. The standard InChI is InChI=1S/C20H19F2N3O3/c1-11-8-19-23-12(2)15(13(3)25(19)24-11)5-7-20(27)28-10-18(26)14-4-6-16(21)17(22)9-14/h4,6,8-9H,5,7,10H2,1-3H3. The number of rotatable bonds is 6. The van der Waals surface area contributed by atoms with Crippen molar-refractivity contribution in [1.29, 1.82) is 0 Å². The number of halogens is 2. The zero-order valence-corrected chi connectivity index (χ0v) is 15.8. The van der Waals surface area contributed by atoms with Gasteiger partial charge in [0.05, 0.1) is 5.69 Å². The van der Waals surface area contributed by atoms with Crippen LogP contribution in [0.25, 0.3) is 5.65 Å². The van der Waals surface area contributed by atoms with E-state index in [4.69, 9.17) is 4.74 Å². The molecular weight excluding hydrogens is 368 g/mol. The predicted octanol–water partition coefficient (Wildman–Crippen LogP) is 3.29.